The van der Waals surface area contributed by atoms with E-state index in [0.29, 0.717) is 5.56 Å². The first-order valence-electron chi connectivity index (χ1n) is 26.5. The van der Waals surface area contributed by atoms with Gasteiger partial charge in [0.05, 0.1) is 28.8 Å². The van der Waals surface area contributed by atoms with Gasteiger partial charge in [0.15, 0.2) is 0 Å². The number of hydrogen-bond donors (Lipinski definition) is 0. The number of hydrogen-bond acceptors (Lipinski definition) is 2. The van der Waals surface area contributed by atoms with Crippen LogP contribution in [0.15, 0.2) is 190 Å². The summed E-state index contributed by atoms with van der Waals surface area (Å²) >= 11 is 0. The van der Waals surface area contributed by atoms with Crippen LogP contribution in [0.2, 0.25) is 0 Å². The molecule has 52 heavy (non-hydrogen) atoms. The zero-order valence-electron chi connectivity index (χ0n) is 47.5. The minimum Gasteiger partial charge on any atom is -0.456 e. The van der Waals surface area contributed by atoms with Gasteiger partial charge in [-0.15, -0.1) is 0 Å². The van der Waals surface area contributed by atoms with Gasteiger partial charge in [0, 0.05) is 21.5 Å². The summed E-state index contributed by atoms with van der Waals surface area (Å²) in [4.78, 5) is 0. The lowest BCUT2D eigenvalue weighted by atomic mass is 9.85. The van der Waals surface area contributed by atoms with Crippen LogP contribution < -0.4 is 0 Å². The standard InChI is InChI=1S/C50H30O2/c1-2-11-31(12-3-1)34-13-10-14-36(29-34)48-39-17-6-4-15-37(39)47(38-16-5-7-18-40(38)48)33-23-21-32(22-24-33)35-25-26-42-46(30-35)52-45-28-27-44-49(50(42)45)41-19-8-9-20-43(41)51-44/h1-30H/i4D,5D,6D,7D,8D,9D,15D,16D,17D,18D,19D,20D,21D,22D,23D,24D,25D,26D,27D,28D,30D. The van der Waals surface area contributed by atoms with E-state index in [1.165, 1.54) is 0 Å². The molecule has 2 aromatic heterocycles. The Labute approximate surface area is 329 Å². The van der Waals surface area contributed by atoms with Gasteiger partial charge >= 0.3 is 0 Å². The smallest absolute Gasteiger partial charge is 0.136 e. The van der Waals surface area contributed by atoms with Gasteiger partial charge in [0.2, 0.25) is 0 Å². The van der Waals surface area contributed by atoms with Crippen LogP contribution >= 0.6 is 0 Å². The summed E-state index contributed by atoms with van der Waals surface area (Å²) in [6.45, 7) is 0. The van der Waals surface area contributed by atoms with Gasteiger partial charge in [-0.3, -0.25) is 0 Å². The first-order chi connectivity index (χ1) is 34.5. The van der Waals surface area contributed by atoms with Crippen molar-refractivity contribution in [2.75, 3.05) is 0 Å². The second-order valence-electron chi connectivity index (χ2n) is 12.0. The summed E-state index contributed by atoms with van der Waals surface area (Å²) in [5.74, 6) is 0. The Bertz CT molecular complexity index is 4280. The normalized spacial score (nSPS) is 17.5. The van der Waals surface area contributed by atoms with E-state index in [1.54, 1.807) is 24.3 Å². The van der Waals surface area contributed by atoms with E-state index in [0.717, 1.165) is 5.56 Å². The van der Waals surface area contributed by atoms with E-state index in [9.17, 15) is 15.1 Å². The fourth-order valence-electron chi connectivity index (χ4n) is 6.83. The predicted molar refractivity (Wildman–Crippen MR) is 218 cm³/mol. The number of fused-ring (bicyclic) bond motifs is 9. The lowest BCUT2D eigenvalue weighted by molar-refractivity contribution is 0.663. The molecule has 0 radical (unpaired) electrons. The summed E-state index contributed by atoms with van der Waals surface area (Å²) in [6.07, 6.45) is 0. The molecule has 2 heterocycles. The van der Waals surface area contributed by atoms with Crippen molar-refractivity contribution in [3.05, 3.63) is 181 Å². The quantitative estimate of drug-likeness (QED) is 0.173. The lowest BCUT2D eigenvalue weighted by Crippen LogP contribution is -1.91. The van der Waals surface area contributed by atoms with Crippen LogP contribution in [0.25, 0.3) is 110 Å². The van der Waals surface area contributed by atoms with Gasteiger partial charge in [0.1, 0.15) is 22.3 Å². The zero-order valence-corrected chi connectivity index (χ0v) is 26.5. The Balaban J connectivity index is 1.26. The topological polar surface area (TPSA) is 26.3 Å². The Kier molecular flexibility index (Phi) is 3.29. The highest BCUT2D eigenvalue weighted by Crippen LogP contribution is 2.45. The van der Waals surface area contributed by atoms with E-state index in [4.69, 9.17) is 22.5 Å². The minimum absolute atomic E-state index is 0.0216. The maximum Gasteiger partial charge on any atom is 0.136 e. The summed E-state index contributed by atoms with van der Waals surface area (Å²) in [6, 6.07) is 0.519. The van der Waals surface area contributed by atoms with Crippen molar-refractivity contribution >= 4 is 65.4 Å². The molecule has 11 rings (SSSR count). The molecule has 0 saturated heterocycles. The van der Waals surface area contributed by atoms with Crippen LogP contribution in [-0.4, -0.2) is 0 Å². The molecule has 0 aliphatic carbocycles. The first kappa shape index (κ1) is 15.1. The molecule has 0 aliphatic heterocycles. The largest absolute Gasteiger partial charge is 0.456 e. The Morgan fingerprint density at radius 2 is 0.827 bits per heavy atom. The molecule has 9 aromatic carbocycles. The summed E-state index contributed by atoms with van der Waals surface area (Å²) in [7, 11) is 0. The summed E-state index contributed by atoms with van der Waals surface area (Å²) in [5, 5.41) is -2.16. The van der Waals surface area contributed by atoms with E-state index in [1.807, 2.05) is 30.3 Å². The van der Waals surface area contributed by atoms with Crippen LogP contribution in [0.1, 0.15) is 28.8 Å². The molecule has 0 saturated carbocycles. The Morgan fingerprint density at radius 3 is 1.50 bits per heavy atom. The molecule has 2 heteroatoms. The third-order valence-electron chi connectivity index (χ3n) is 9.09. The highest BCUT2D eigenvalue weighted by atomic mass is 16.3. The van der Waals surface area contributed by atoms with Crippen molar-refractivity contribution in [1.82, 2.24) is 0 Å². The number of para-hydroxylation sites is 1. The molecular weight excluding hydrogens is 633 g/mol. The molecule has 11 aromatic rings. The van der Waals surface area contributed by atoms with E-state index in [2.05, 4.69) is 0 Å². The fourth-order valence-corrected chi connectivity index (χ4v) is 6.83. The van der Waals surface area contributed by atoms with Gasteiger partial charge in [0.25, 0.3) is 0 Å². The van der Waals surface area contributed by atoms with Crippen LogP contribution in [-0.2, 0) is 0 Å². The second kappa shape index (κ2) is 11.3. The molecule has 2 nitrogen and oxygen atoms in total. The van der Waals surface area contributed by atoms with Gasteiger partial charge in [-0.05, 0) is 102 Å². The fraction of sp³-hybridized carbons (Fsp3) is 0. The predicted octanol–water partition coefficient (Wildman–Crippen LogP) is 14.5. The van der Waals surface area contributed by atoms with E-state index < -0.39 is 160 Å². The molecule has 242 valence electrons. The van der Waals surface area contributed by atoms with Crippen LogP contribution in [0.5, 0.6) is 0 Å². The van der Waals surface area contributed by atoms with E-state index >= 15 is 0 Å². The molecule has 0 atom stereocenters. The molecule has 0 bridgehead atoms. The number of furan rings is 2. The molecule has 0 fully saturated rings. The second-order valence-corrected chi connectivity index (χ2v) is 12.0. The van der Waals surface area contributed by atoms with E-state index in [-0.39, 0.29) is 65.4 Å². The third-order valence-corrected chi connectivity index (χ3v) is 9.09. The Morgan fingerprint density at radius 1 is 0.327 bits per heavy atom. The van der Waals surface area contributed by atoms with Crippen molar-refractivity contribution in [2.45, 2.75) is 0 Å². The first-order valence-corrected chi connectivity index (χ1v) is 16.0. The highest BCUT2D eigenvalue weighted by molar-refractivity contribution is 6.26. The molecule has 0 spiro atoms. The van der Waals surface area contributed by atoms with Gasteiger partial charge in [-0.2, -0.15) is 0 Å². The number of rotatable bonds is 4. The van der Waals surface area contributed by atoms with Crippen molar-refractivity contribution in [1.29, 1.82) is 0 Å². The Hall–Kier alpha value is -6.90. The monoisotopic (exact) mass is 683 g/mol. The summed E-state index contributed by atoms with van der Waals surface area (Å²) in [5.41, 5.74) is -2.46. The van der Waals surface area contributed by atoms with Crippen LogP contribution in [0.3, 0.4) is 0 Å². The minimum atomic E-state index is -0.927. The average Bonchev–Trinajstić information content (AvgIpc) is 3.99. The maximum atomic E-state index is 9.62. The van der Waals surface area contributed by atoms with Crippen molar-refractivity contribution in [3.63, 3.8) is 0 Å². The zero-order chi connectivity index (χ0) is 52.4. The molecule has 0 aliphatic rings. The third kappa shape index (κ3) is 4.38. The molecule has 0 unspecified atom stereocenters. The molecule has 0 N–H and O–H groups in total. The van der Waals surface area contributed by atoms with Gasteiger partial charge in [-0.1, -0.05) is 145 Å². The van der Waals surface area contributed by atoms with Crippen molar-refractivity contribution < 1.29 is 37.6 Å². The number of benzene rings is 9. The van der Waals surface area contributed by atoms with Gasteiger partial charge < -0.3 is 8.83 Å². The average molecular weight is 684 g/mol. The van der Waals surface area contributed by atoms with Crippen LogP contribution in [0.4, 0.5) is 0 Å². The lowest BCUT2D eigenvalue weighted by Gasteiger charge is -2.18. The van der Waals surface area contributed by atoms with Crippen LogP contribution in [0, 0.1) is 0 Å². The maximum absolute atomic E-state index is 9.62. The molecule has 0 amide bonds. The summed E-state index contributed by atoms with van der Waals surface area (Å²) < 4.78 is 202. The van der Waals surface area contributed by atoms with Crippen molar-refractivity contribution in [2.24, 2.45) is 0 Å². The highest BCUT2D eigenvalue weighted by Gasteiger charge is 2.19. The van der Waals surface area contributed by atoms with Crippen molar-refractivity contribution in [3.8, 4) is 44.5 Å². The SMILES string of the molecule is [2H]c1c([2H])c(-c2c3c([2H])c([2H])c([2H])c([2H])c3c(-c3cccc(-c4ccccc4)c3)c3c([2H])c([2H])c([2H])c([2H])c23)c([2H])c([2H])c1-c1c([2H])c([2H])c2c(oc3c([2H])c([2H])c4oc5c([2H])c([2H])c([2H])c([2H])c5c4c32)c1[2H]. The molecular formula is C50H30O2. The van der Waals surface area contributed by atoms with Gasteiger partial charge in [-0.25, -0.2) is 0 Å².